The summed E-state index contributed by atoms with van der Waals surface area (Å²) in [7, 11) is 0. The average Bonchev–Trinajstić information content (AvgIpc) is 3.44. The van der Waals surface area contributed by atoms with Gasteiger partial charge in [-0.05, 0) is 258 Å². The van der Waals surface area contributed by atoms with Gasteiger partial charge in [0, 0.05) is 0 Å². The first-order valence-electron chi connectivity index (χ1n) is 25.9. The van der Waals surface area contributed by atoms with E-state index in [0.29, 0.717) is 0 Å². The quantitative estimate of drug-likeness (QED) is 0.126. The number of fused-ring (bicyclic) bond motifs is 2. The molecule has 1 aliphatic heterocycles. The van der Waals surface area contributed by atoms with Gasteiger partial charge in [-0.25, -0.2) is 0 Å². The van der Waals surface area contributed by atoms with Gasteiger partial charge in [-0.15, -0.1) is 0 Å². The number of hydrogen-bond donors (Lipinski definition) is 0. The maximum atomic E-state index is 2.58. The fraction of sp³-hybridized carbons (Fsp3) is 0.265. The van der Waals surface area contributed by atoms with Crippen LogP contribution in [0.15, 0.2) is 109 Å². The van der Waals surface area contributed by atoms with Crippen LogP contribution in [0.25, 0.3) is 34.4 Å². The van der Waals surface area contributed by atoms with Gasteiger partial charge < -0.3 is 9.80 Å². The molecular weight excluding hydrogens is 937 g/mol. The molecule has 0 N–H and O–H groups in total. The molecule has 8 aromatic rings. The Balaban J connectivity index is 1.20. The van der Waals surface area contributed by atoms with Crippen LogP contribution in [-0.4, -0.2) is 18.9 Å². The maximum absolute atomic E-state index is 2.58. The molecule has 372 valence electrons. The summed E-state index contributed by atoms with van der Waals surface area (Å²) in [5.41, 5.74) is 35.9. The maximum Gasteiger partial charge on any atom is 0.240 e. The van der Waals surface area contributed by atoms with Crippen LogP contribution in [0.2, 0.25) is 0 Å². The zero-order valence-corrected chi connectivity index (χ0v) is 49.4. The minimum Gasteiger partial charge on any atom is -0.309 e. The molecule has 0 saturated carbocycles. The predicted octanol–water partition coefficient (Wildman–Crippen LogP) is 18.7. The molecule has 1 aliphatic rings. The van der Waals surface area contributed by atoms with Gasteiger partial charge in [0.25, 0.3) is 0 Å². The third kappa shape index (κ3) is 9.04. The third-order valence-electron chi connectivity index (χ3n) is 15.4. The van der Waals surface area contributed by atoms with Crippen molar-refractivity contribution >= 4 is 85.4 Å². The molecule has 73 heavy (non-hydrogen) atoms. The Labute approximate surface area is 447 Å². The van der Waals surface area contributed by atoms with Gasteiger partial charge in [-0.3, -0.25) is 0 Å². The van der Waals surface area contributed by atoms with Crippen molar-refractivity contribution in [3.8, 4) is 22.3 Å². The number of benzene rings is 8. The Morgan fingerprint density at radius 1 is 0.301 bits per heavy atom. The summed E-state index contributed by atoms with van der Waals surface area (Å²) in [5.74, 6) is 0. The molecule has 0 amide bonds. The van der Waals surface area contributed by atoms with Crippen molar-refractivity contribution < 1.29 is 0 Å². The van der Waals surface area contributed by atoms with Gasteiger partial charge in [-0.1, -0.05) is 119 Å². The van der Waals surface area contributed by atoms with E-state index in [2.05, 4.69) is 277 Å². The van der Waals surface area contributed by atoms with Crippen LogP contribution in [-0.2, 0) is 0 Å². The molecule has 0 aromatic heterocycles. The highest BCUT2D eigenvalue weighted by Gasteiger charge is 2.42. The van der Waals surface area contributed by atoms with E-state index in [4.69, 9.17) is 0 Å². The zero-order valence-electron chi connectivity index (χ0n) is 46.8. The summed E-state index contributed by atoms with van der Waals surface area (Å²) in [6, 6.07) is 42.7. The van der Waals surface area contributed by atoms with E-state index in [1.165, 1.54) is 167 Å². The molecule has 0 radical (unpaired) electrons. The van der Waals surface area contributed by atoms with Gasteiger partial charge in [0.1, 0.15) is 0 Å². The molecule has 2 nitrogen and oxygen atoms in total. The summed E-state index contributed by atoms with van der Waals surface area (Å²) in [5, 5.41) is 2.95. The Kier molecular flexibility index (Phi) is 14.2. The molecule has 0 bridgehead atoms. The summed E-state index contributed by atoms with van der Waals surface area (Å²) in [6.45, 7) is 36.3. The number of aryl methyl sites for hydroxylation is 16. The average molecular weight is 1010 g/mol. The first-order chi connectivity index (χ1) is 34.7. The van der Waals surface area contributed by atoms with Gasteiger partial charge in [0.15, 0.2) is 0 Å². The fourth-order valence-corrected chi connectivity index (χ4v) is 23.0. The molecule has 0 atom stereocenters. The van der Waals surface area contributed by atoms with E-state index in [1.54, 1.807) is 0 Å². The van der Waals surface area contributed by atoms with Crippen molar-refractivity contribution in [3.05, 3.63) is 209 Å². The summed E-state index contributed by atoms with van der Waals surface area (Å²) < 4.78 is 0. The second-order valence-electron chi connectivity index (χ2n) is 21.5. The first kappa shape index (κ1) is 51.9. The van der Waals surface area contributed by atoms with E-state index < -0.39 is 6.37 Å². The monoisotopic (exact) mass is 1010 g/mol. The van der Waals surface area contributed by atoms with Crippen LogP contribution in [0.4, 0.5) is 34.1 Å². The first-order valence-corrected chi connectivity index (χ1v) is 31.8. The van der Waals surface area contributed by atoms with Crippen molar-refractivity contribution in [1.29, 1.82) is 0 Å². The molecule has 0 fully saturated rings. The van der Waals surface area contributed by atoms with Crippen molar-refractivity contribution in [3.63, 3.8) is 0 Å². The number of rotatable bonds is 10. The zero-order chi connectivity index (χ0) is 52.5. The second-order valence-corrected chi connectivity index (χ2v) is 31.5. The molecule has 0 saturated heterocycles. The Morgan fingerprint density at radius 2 is 0.521 bits per heavy atom. The van der Waals surface area contributed by atoms with E-state index in [1.807, 2.05) is 0 Å². The van der Waals surface area contributed by atoms with Crippen molar-refractivity contribution in [1.82, 2.24) is 0 Å². The lowest BCUT2D eigenvalue weighted by Crippen LogP contribution is -2.54. The highest BCUT2D eigenvalue weighted by atomic mass is 32.6. The Morgan fingerprint density at radius 3 is 0.740 bits per heavy atom. The summed E-state index contributed by atoms with van der Waals surface area (Å²) in [6.07, 6.45) is 7.16. The number of nitrogens with zero attached hydrogens (tertiary/aromatic N) is 2. The van der Waals surface area contributed by atoms with Gasteiger partial charge in [0.2, 0.25) is 6.37 Å². The molecule has 0 unspecified atom stereocenters. The van der Waals surface area contributed by atoms with Gasteiger partial charge in [-0.2, -0.15) is 22.4 Å². The topological polar surface area (TPSA) is 6.48 Å². The Bertz CT molecular complexity index is 3090. The van der Waals surface area contributed by atoms with E-state index in [-0.39, 0.29) is 0 Å². The normalized spacial score (nSPS) is 12.7. The van der Waals surface area contributed by atoms with Crippen LogP contribution < -0.4 is 20.2 Å². The largest absolute Gasteiger partial charge is 0.309 e. The molecule has 5 heteroatoms. The lowest BCUT2D eigenvalue weighted by molar-refractivity contribution is 1.14. The van der Waals surface area contributed by atoms with Crippen LogP contribution in [0.5, 0.6) is 0 Å². The van der Waals surface area contributed by atoms with Crippen LogP contribution in [0, 0.1) is 111 Å². The van der Waals surface area contributed by atoms with Crippen LogP contribution in [0.3, 0.4) is 0 Å². The Hall–Kier alpha value is -5.98. The predicted molar refractivity (Wildman–Crippen MR) is 330 cm³/mol. The second kappa shape index (κ2) is 20.0. The van der Waals surface area contributed by atoms with Gasteiger partial charge >= 0.3 is 0 Å². The van der Waals surface area contributed by atoms with Crippen molar-refractivity contribution in [2.24, 2.45) is 0 Å². The van der Waals surface area contributed by atoms with E-state index >= 15 is 0 Å². The van der Waals surface area contributed by atoms with Crippen molar-refractivity contribution in [2.45, 2.75) is 111 Å². The van der Waals surface area contributed by atoms with E-state index in [0.717, 1.165) is 0 Å². The SMILES string of the molecule is CS[Si]1(SC)c2cccc(-c3cc(C)c(N(c4c(C)cc(C)cc4C)c4c(C)cc(C)cc4C)c(C)c3)c2C=Cc2c(-c3cc(C)c(N(c4c(C)cc(C)cc4C)c4c(C)cc(C)cc4C)c(C)c3)cccc21. The van der Waals surface area contributed by atoms with Crippen LogP contribution in [0.1, 0.15) is 100 Å². The molecular formula is C68H74N2S2Si. The number of hydrogen-bond acceptors (Lipinski definition) is 4. The van der Waals surface area contributed by atoms with E-state index in [9.17, 15) is 0 Å². The summed E-state index contributed by atoms with van der Waals surface area (Å²) in [4.78, 5) is 5.16. The fourth-order valence-electron chi connectivity index (χ4n) is 13.1. The van der Waals surface area contributed by atoms with Crippen molar-refractivity contribution in [2.75, 3.05) is 22.3 Å². The van der Waals surface area contributed by atoms with Crippen LogP contribution >= 0.6 is 22.4 Å². The minimum absolute atomic E-state index is 1.26. The lowest BCUT2D eigenvalue weighted by Gasteiger charge is -2.34. The number of anilines is 6. The highest BCUT2D eigenvalue weighted by molar-refractivity contribution is 8.60. The molecule has 0 aliphatic carbocycles. The van der Waals surface area contributed by atoms with Gasteiger partial charge in [0.05, 0.1) is 34.1 Å². The lowest BCUT2D eigenvalue weighted by atomic mass is 9.91. The molecule has 1 heterocycles. The standard InChI is InChI=1S/C68H74N2S2Si/c1-39-27-43(5)63(44(6)28-39)69(64-45(7)29-40(2)30-46(64)8)67-51(13)35-55(36-52(67)14)57-21-19-23-61-59(57)25-26-60-58(22-20-24-62(60)73(61,71-17)72-18)56-37-53(15)68(54(16)38-56)70(65-47(9)31-41(3)32-48(65)10)66-49(11)33-42(4)34-50(66)12/h19-38H,1-18H3. The minimum atomic E-state index is -2.45. The molecule has 0 spiro atoms. The highest BCUT2D eigenvalue weighted by Crippen LogP contribution is 2.49. The molecule has 8 aromatic carbocycles. The third-order valence-corrected chi connectivity index (χ3v) is 27.9. The smallest absolute Gasteiger partial charge is 0.240 e. The molecule has 9 rings (SSSR count). The summed E-state index contributed by atoms with van der Waals surface area (Å²) >= 11 is 4.16.